The summed E-state index contributed by atoms with van der Waals surface area (Å²) in [6.07, 6.45) is 12.4. The fourth-order valence-electron chi connectivity index (χ4n) is 3.81. The lowest BCUT2D eigenvalue weighted by atomic mass is 10.1. The molecule has 0 bridgehead atoms. The smallest absolute Gasteiger partial charge is 0.223 e. The maximum absolute atomic E-state index is 12.1. The van der Waals surface area contributed by atoms with Crippen molar-refractivity contribution in [3.63, 3.8) is 0 Å². The van der Waals surface area contributed by atoms with Crippen molar-refractivity contribution in [3.8, 4) is 22.9 Å². The lowest BCUT2D eigenvalue weighted by molar-refractivity contribution is -0.120. The number of hydrogen-bond donors (Lipinski definition) is 2. The summed E-state index contributed by atoms with van der Waals surface area (Å²) in [4.78, 5) is 16.1. The number of aryl methyl sites for hydroxylation is 1. The average Bonchev–Trinajstić information content (AvgIpc) is 3.45. The highest BCUT2D eigenvalue weighted by molar-refractivity contribution is 5.78. The van der Waals surface area contributed by atoms with Crippen LogP contribution in [0.4, 0.5) is 0 Å². The molecule has 1 aromatic heterocycles. The molecule has 2 aromatic carbocycles. The highest BCUT2D eigenvalue weighted by Crippen LogP contribution is 2.38. The van der Waals surface area contributed by atoms with Gasteiger partial charge >= 0.3 is 0 Å². The number of hydrogen-bond acceptors (Lipinski definition) is 6. The molecule has 192 valence electrons. The first kappa shape index (κ1) is 26.8. The molecule has 0 unspecified atom stereocenters. The van der Waals surface area contributed by atoms with E-state index in [9.17, 15) is 4.79 Å². The minimum atomic E-state index is 0.0312. The molecule has 0 fully saturated rings. The van der Waals surface area contributed by atoms with Crippen molar-refractivity contribution < 1.29 is 19.0 Å². The van der Waals surface area contributed by atoms with Crippen molar-refractivity contribution in [2.45, 2.75) is 25.7 Å². The minimum Gasteiger partial charge on any atom is -0.493 e. The Morgan fingerprint density at radius 2 is 1.69 bits per heavy atom. The van der Waals surface area contributed by atoms with Crippen LogP contribution in [0.5, 0.6) is 17.2 Å². The molecule has 1 amide bonds. The summed E-state index contributed by atoms with van der Waals surface area (Å²) < 4.78 is 18.1. The Bertz CT molecular complexity index is 1070. The Kier molecular flexibility index (Phi) is 10.9. The fourth-order valence-corrected chi connectivity index (χ4v) is 3.81. The van der Waals surface area contributed by atoms with E-state index in [1.807, 2.05) is 59.3 Å². The van der Waals surface area contributed by atoms with Crippen LogP contribution in [0.3, 0.4) is 0 Å². The van der Waals surface area contributed by atoms with E-state index in [-0.39, 0.29) is 5.91 Å². The zero-order valence-electron chi connectivity index (χ0n) is 21.3. The van der Waals surface area contributed by atoms with Gasteiger partial charge in [-0.1, -0.05) is 24.3 Å². The summed E-state index contributed by atoms with van der Waals surface area (Å²) in [6, 6.07) is 12.1. The molecule has 0 aliphatic rings. The van der Waals surface area contributed by atoms with Gasteiger partial charge in [0, 0.05) is 31.0 Å². The van der Waals surface area contributed by atoms with Crippen LogP contribution in [0.15, 0.2) is 61.2 Å². The van der Waals surface area contributed by atoms with Gasteiger partial charge in [-0.3, -0.25) is 4.79 Å². The number of carbonyl (C=O) groups is 1. The van der Waals surface area contributed by atoms with Crippen molar-refractivity contribution in [1.29, 1.82) is 0 Å². The molecule has 0 aliphatic heterocycles. The van der Waals surface area contributed by atoms with Crippen molar-refractivity contribution in [2.75, 3.05) is 41.0 Å². The predicted octanol–water partition coefficient (Wildman–Crippen LogP) is 4.03. The molecule has 0 atom stereocenters. The summed E-state index contributed by atoms with van der Waals surface area (Å²) >= 11 is 0. The van der Waals surface area contributed by atoms with Gasteiger partial charge < -0.3 is 29.4 Å². The Morgan fingerprint density at radius 3 is 2.33 bits per heavy atom. The van der Waals surface area contributed by atoms with Gasteiger partial charge in [-0.05, 0) is 67.7 Å². The van der Waals surface area contributed by atoms with Gasteiger partial charge in [0.15, 0.2) is 11.5 Å². The molecule has 0 radical (unpaired) electrons. The first-order valence-corrected chi connectivity index (χ1v) is 12.2. The zero-order chi connectivity index (χ0) is 25.6. The van der Waals surface area contributed by atoms with E-state index in [1.165, 1.54) is 0 Å². The van der Waals surface area contributed by atoms with Crippen molar-refractivity contribution >= 4 is 12.0 Å². The normalized spacial score (nSPS) is 11.0. The standard InChI is InChI=1S/C28H36N4O4/c1-34-25-19-23(20-26(35-2)28(25)36-3)8-5-14-29-15-6-16-31-27(33)9-4-7-22-10-12-24(13-11-22)32-18-17-30-21-32/h4,7,10-13,17-21,29H,5-6,8-9,14-16H2,1-3H3,(H,31,33)/b7-4+. The van der Waals surface area contributed by atoms with Crippen LogP contribution in [0.25, 0.3) is 11.8 Å². The summed E-state index contributed by atoms with van der Waals surface area (Å²) in [6.45, 7) is 2.41. The van der Waals surface area contributed by atoms with Gasteiger partial charge in [0.25, 0.3) is 0 Å². The molecule has 8 nitrogen and oxygen atoms in total. The number of imidazole rings is 1. The third-order valence-electron chi connectivity index (χ3n) is 5.71. The number of carbonyl (C=O) groups excluding carboxylic acids is 1. The molecule has 0 saturated heterocycles. The number of aromatic nitrogens is 2. The van der Waals surface area contributed by atoms with Gasteiger partial charge in [0.1, 0.15) is 0 Å². The van der Waals surface area contributed by atoms with Crippen molar-refractivity contribution in [1.82, 2.24) is 20.2 Å². The summed E-state index contributed by atoms with van der Waals surface area (Å²) in [7, 11) is 4.85. The van der Waals surface area contributed by atoms with E-state index in [2.05, 4.69) is 15.6 Å². The van der Waals surface area contributed by atoms with Gasteiger partial charge in [0.2, 0.25) is 11.7 Å². The summed E-state index contributed by atoms with van der Waals surface area (Å²) in [5, 5.41) is 6.40. The van der Waals surface area contributed by atoms with Gasteiger partial charge in [-0.15, -0.1) is 0 Å². The molecule has 8 heteroatoms. The second-order valence-electron chi connectivity index (χ2n) is 8.26. The monoisotopic (exact) mass is 492 g/mol. The van der Waals surface area contributed by atoms with Crippen molar-refractivity contribution in [2.24, 2.45) is 0 Å². The number of nitrogens with zero attached hydrogens (tertiary/aromatic N) is 2. The van der Waals surface area contributed by atoms with Gasteiger partial charge in [-0.2, -0.15) is 0 Å². The Morgan fingerprint density at radius 1 is 0.972 bits per heavy atom. The number of nitrogens with one attached hydrogen (secondary N) is 2. The first-order chi connectivity index (χ1) is 17.6. The van der Waals surface area contributed by atoms with Crippen LogP contribution in [0, 0.1) is 0 Å². The molecular formula is C28H36N4O4. The highest BCUT2D eigenvalue weighted by Gasteiger charge is 2.12. The molecule has 0 saturated carbocycles. The predicted molar refractivity (Wildman–Crippen MR) is 142 cm³/mol. The van der Waals surface area contributed by atoms with E-state index in [1.54, 1.807) is 33.9 Å². The Balaban J connectivity index is 1.26. The molecule has 1 heterocycles. The Labute approximate surface area is 213 Å². The minimum absolute atomic E-state index is 0.0312. The number of rotatable bonds is 15. The molecule has 3 aromatic rings. The maximum Gasteiger partial charge on any atom is 0.223 e. The third-order valence-corrected chi connectivity index (χ3v) is 5.71. The van der Waals surface area contributed by atoms with Crippen LogP contribution in [-0.4, -0.2) is 56.4 Å². The van der Waals surface area contributed by atoms with Crippen molar-refractivity contribution in [3.05, 3.63) is 72.3 Å². The van der Waals surface area contributed by atoms with Gasteiger partial charge in [-0.25, -0.2) is 4.98 Å². The lowest BCUT2D eigenvalue weighted by Crippen LogP contribution is -2.27. The first-order valence-electron chi connectivity index (χ1n) is 12.2. The molecule has 0 aliphatic carbocycles. The SMILES string of the molecule is COc1cc(CCCNCCCNC(=O)C/C=C/c2ccc(-n3ccnc3)cc2)cc(OC)c1OC. The largest absolute Gasteiger partial charge is 0.493 e. The van der Waals surface area contributed by atoms with E-state index >= 15 is 0 Å². The molecule has 0 spiro atoms. The average molecular weight is 493 g/mol. The second-order valence-corrected chi connectivity index (χ2v) is 8.26. The third kappa shape index (κ3) is 8.16. The molecular weight excluding hydrogens is 456 g/mol. The number of amides is 1. The summed E-state index contributed by atoms with van der Waals surface area (Å²) in [5.74, 6) is 1.99. The van der Waals surface area contributed by atoms with E-state index in [0.717, 1.165) is 49.2 Å². The van der Waals surface area contributed by atoms with E-state index < -0.39 is 0 Å². The van der Waals surface area contributed by atoms with Crippen LogP contribution in [-0.2, 0) is 11.2 Å². The highest BCUT2D eigenvalue weighted by atomic mass is 16.5. The maximum atomic E-state index is 12.1. The topological polar surface area (TPSA) is 86.6 Å². The van der Waals surface area contributed by atoms with Crippen LogP contribution in [0.1, 0.15) is 30.4 Å². The fraction of sp³-hybridized carbons (Fsp3) is 0.357. The van der Waals surface area contributed by atoms with Gasteiger partial charge in [0.05, 0.1) is 27.7 Å². The molecule has 2 N–H and O–H groups in total. The number of ether oxygens (including phenoxy) is 3. The van der Waals surface area contributed by atoms with Crippen LogP contribution in [0.2, 0.25) is 0 Å². The van der Waals surface area contributed by atoms with Crippen LogP contribution < -0.4 is 24.8 Å². The number of benzene rings is 2. The van der Waals surface area contributed by atoms with E-state index in [0.29, 0.717) is 30.2 Å². The Hall–Kier alpha value is -3.78. The number of methoxy groups -OCH3 is 3. The van der Waals surface area contributed by atoms with Crippen LogP contribution >= 0.6 is 0 Å². The zero-order valence-corrected chi connectivity index (χ0v) is 21.3. The molecule has 3 rings (SSSR count). The second kappa shape index (κ2) is 14.6. The quantitative estimate of drug-likeness (QED) is 0.312. The lowest BCUT2D eigenvalue weighted by Gasteiger charge is -2.14. The van der Waals surface area contributed by atoms with E-state index in [4.69, 9.17) is 14.2 Å². The summed E-state index contributed by atoms with van der Waals surface area (Å²) in [5.41, 5.74) is 3.25. The molecule has 36 heavy (non-hydrogen) atoms.